The van der Waals surface area contributed by atoms with Crippen LogP contribution in [0.25, 0.3) is 15.7 Å². The Morgan fingerprint density at radius 3 is 2.20 bits per heavy atom. The van der Waals surface area contributed by atoms with Gasteiger partial charge in [0, 0.05) is 46.6 Å². The summed E-state index contributed by atoms with van der Waals surface area (Å²) in [4.78, 5) is 27.3. The second-order valence-corrected chi connectivity index (χ2v) is 28.1. The number of ketones is 1. The highest BCUT2D eigenvalue weighted by Crippen LogP contribution is 2.56. The molecule has 0 saturated heterocycles. The summed E-state index contributed by atoms with van der Waals surface area (Å²) in [5.41, 5.74) is 0.290. The first-order valence-electron chi connectivity index (χ1n) is 17.8. The summed E-state index contributed by atoms with van der Waals surface area (Å²) in [5, 5.41) is 1.71. The van der Waals surface area contributed by atoms with E-state index in [1.807, 2.05) is 12.1 Å². The van der Waals surface area contributed by atoms with Gasteiger partial charge in [0.05, 0.1) is 29.2 Å². The molecule has 0 amide bonds. The van der Waals surface area contributed by atoms with Crippen molar-refractivity contribution in [2.24, 2.45) is 17.3 Å². The van der Waals surface area contributed by atoms with E-state index >= 15 is 0 Å². The lowest BCUT2D eigenvalue weighted by atomic mass is 9.82. The fourth-order valence-electron chi connectivity index (χ4n) is 5.98. The molecule has 1 unspecified atom stereocenters. The van der Waals surface area contributed by atoms with Crippen molar-refractivity contribution in [2.45, 2.75) is 143 Å². The standard InChI is InChI=1S/C40H61ClO5SSi2/c1-15-27(45-48(11,12)38(2,3)4)26-30(35-34(41)28-22-20-21-24-31(28)47-35)33-29(23-18-16-17-19-25-32(42)44-10)36(43)40(8,9)37(33)46-49(13,14)39(5,6)7/h20-22,24,26-27,29,33,37H,15,17,19,23,25H2,1-14H3/b30-26+/t27?,29-,33-,37+/m1/s1. The van der Waals surface area contributed by atoms with Crippen molar-refractivity contribution in [2.75, 3.05) is 7.11 Å². The van der Waals surface area contributed by atoms with E-state index in [0.717, 1.165) is 27.0 Å². The minimum Gasteiger partial charge on any atom is -0.469 e. The number of rotatable bonds is 12. The Labute approximate surface area is 308 Å². The van der Waals surface area contributed by atoms with E-state index < -0.39 is 28.0 Å². The lowest BCUT2D eigenvalue weighted by Crippen LogP contribution is -2.49. The van der Waals surface area contributed by atoms with E-state index in [1.165, 1.54) is 7.11 Å². The first-order chi connectivity index (χ1) is 22.5. The molecular weight excluding hydrogens is 684 g/mol. The monoisotopic (exact) mass is 744 g/mol. The van der Waals surface area contributed by atoms with Crippen molar-refractivity contribution >= 4 is 67.0 Å². The second kappa shape index (κ2) is 15.9. The molecule has 4 atom stereocenters. The summed E-state index contributed by atoms with van der Waals surface area (Å²) in [7, 11) is -3.09. The molecule has 2 aromatic rings. The van der Waals surface area contributed by atoms with Crippen LogP contribution in [0.15, 0.2) is 30.3 Å². The van der Waals surface area contributed by atoms with Crippen molar-refractivity contribution in [1.82, 2.24) is 0 Å². The Morgan fingerprint density at radius 1 is 1.04 bits per heavy atom. The third kappa shape index (κ3) is 9.39. The van der Waals surface area contributed by atoms with Gasteiger partial charge in [0.1, 0.15) is 5.78 Å². The molecule has 1 aliphatic carbocycles. The largest absolute Gasteiger partial charge is 0.469 e. The molecule has 3 rings (SSSR count). The van der Waals surface area contributed by atoms with Crippen LogP contribution >= 0.6 is 22.9 Å². The zero-order chi connectivity index (χ0) is 37.2. The predicted octanol–water partition coefficient (Wildman–Crippen LogP) is 11.7. The van der Waals surface area contributed by atoms with Crippen LogP contribution in [0, 0.1) is 29.1 Å². The van der Waals surface area contributed by atoms with Gasteiger partial charge in [0.2, 0.25) is 0 Å². The molecule has 272 valence electrons. The molecule has 5 nitrogen and oxygen atoms in total. The van der Waals surface area contributed by atoms with E-state index in [2.05, 4.69) is 119 Å². The quantitative estimate of drug-likeness (QED) is 0.0937. The third-order valence-corrected chi connectivity index (χ3v) is 21.9. The maximum absolute atomic E-state index is 14.7. The maximum Gasteiger partial charge on any atom is 0.305 e. The minimum absolute atomic E-state index is 0.0367. The molecule has 0 aliphatic heterocycles. The lowest BCUT2D eigenvalue weighted by molar-refractivity contribution is -0.140. The van der Waals surface area contributed by atoms with Crippen LogP contribution in [0.5, 0.6) is 0 Å². The topological polar surface area (TPSA) is 61.8 Å². The van der Waals surface area contributed by atoms with Gasteiger partial charge in [-0.1, -0.05) is 98.2 Å². The molecule has 1 aromatic heterocycles. The van der Waals surface area contributed by atoms with Crippen LogP contribution in [0.4, 0.5) is 0 Å². The second-order valence-electron chi connectivity index (χ2n) is 17.2. The molecule has 1 aromatic carbocycles. The number of methoxy groups -OCH3 is 1. The van der Waals surface area contributed by atoms with E-state index in [4.69, 9.17) is 25.2 Å². The third-order valence-electron chi connectivity index (χ3n) is 11.2. The first-order valence-corrected chi connectivity index (χ1v) is 24.8. The fraction of sp³-hybridized carbons (Fsp3) is 0.650. The molecule has 1 fully saturated rings. The Balaban J connectivity index is 2.29. The van der Waals surface area contributed by atoms with Gasteiger partial charge in [0.25, 0.3) is 0 Å². The average molecular weight is 746 g/mol. The van der Waals surface area contributed by atoms with Gasteiger partial charge in [-0.05, 0) is 60.7 Å². The van der Waals surface area contributed by atoms with Gasteiger partial charge in [-0.3, -0.25) is 9.59 Å². The number of carbonyl (C=O) groups is 2. The average Bonchev–Trinajstić information content (AvgIpc) is 3.42. The number of benzene rings is 1. The molecule has 0 bridgehead atoms. The summed E-state index contributed by atoms with van der Waals surface area (Å²) in [6.45, 7) is 28.9. The highest BCUT2D eigenvalue weighted by atomic mass is 35.5. The number of carbonyl (C=O) groups excluding carboxylic acids is 2. The summed E-state index contributed by atoms with van der Waals surface area (Å²) in [6.07, 6.45) is 4.47. The van der Waals surface area contributed by atoms with Crippen molar-refractivity contribution in [3.8, 4) is 11.8 Å². The Bertz CT molecular complexity index is 1580. The minimum atomic E-state index is -2.34. The number of hydrogen-bond donors (Lipinski definition) is 0. The normalized spacial score (nSPS) is 21.1. The Kier molecular flexibility index (Phi) is 13.5. The number of Topliss-reactive ketones (excluding diaryl/α,β-unsaturated/α-hetero) is 1. The zero-order valence-electron chi connectivity index (χ0n) is 32.6. The molecule has 0 N–H and O–H groups in total. The number of ether oxygens (including phenoxy) is 1. The van der Waals surface area contributed by atoms with Gasteiger partial charge in [-0.25, -0.2) is 0 Å². The van der Waals surface area contributed by atoms with Gasteiger partial charge < -0.3 is 13.6 Å². The lowest BCUT2D eigenvalue weighted by Gasteiger charge is -2.43. The number of fused-ring (bicyclic) bond motifs is 1. The van der Waals surface area contributed by atoms with Crippen molar-refractivity contribution in [1.29, 1.82) is 0 Å². The number of esters is 1. The van der Waals surface area contributed by atoms with Crippen LogP contribution < -0.4 is 0 Å². The summed E-state index contributed by atoms with van der Waals surface area (Å²) in [6, 6.07) is 8.25. The van der Waals surface area contributed by atoms with Crippen LogP contribution in [-0.2, 0) is 23.2 Å². The van der Waals surface area contributed by atoms with Crippen LogP contribution in [-0.4, -0.2) is 47.7 Å². The SMILES string of the molecule is CCC(/C=C(/c1sc2ccccc2c1Cl)[C@H]1[C@@H](CC#CCCCC(=O)OC)C(=O)C(C)(C)[C@H]1O[Si](C)(C)C(C)(C)C)O[Si](C)(C)C(C)(C)C. The van der Waals surface area contributed by atoms with Crippen LogP contribution in [0.2, 0.25) is 41.3 Å². The fourth-order valence-corrected chi connectivity index (χ4v) is 10.4. The number of hydrogen-bond acceptors (Lipinski definition) is 6. The summed E-state index contributed by atoms with van der Waals surface area (Å²) in [5.74, 6) is 5.88. The Hall–Kier alpha value is -1.74. The summed E-state index contributed by atoms with van der Waals surface area (Å²) >= 11 is 9.01. The van der Waals surface area contributed by atoms with E-state index in [9.17, 15) is 9.59 Å². The predicted molar refractivity (Wildman–Crippen MR) is 213 cm³/mol. The molecule has 1 aliphatic rings. The Morgan fingerprint density at radius 2 is 1.65 bits per heavy atom. The van der Waals surface area contributed by atoms with Crippen molar-refractivity contribution in [3.63, 3.8) is 0 Å². The van der Waals surface area contributed by atoms with Crippen LogP contribution in [0.1, 0.15) is 99.3 Å². The number of unbranched alkanes of at least 4 members (excludes halogenated alkanes) is 1. The summed E-state index contributed by atoms with van der Waals surface area (Å²) < 4.78 is 20.3. The van der Waals surface area contributed by atoms with E-state index in [-0.39, 0.29) is 40.0 Å². The molecule has 1 saturated carbocycles. The highest BCUT2D eigenvalue weighted by molar-refractivity contribution is 7.20. The van der Waals surface area contributed by atoms with Crippen LogP contribution in [0.3, 0.4) is 0 Å². The molecule has 0 spiro atoms. The first kappa shape index (κ1) is 41.7. The van der Waals surface area contributed by atoms with Crippen molar-refractivity contribution in [3.05, 3.63) is 40.2 Å². The molecule has 0 radical (unpaired) electrons. The zero-order valence-corrected chi connectivity index (χ0v) is 36.1. The smallest absolute Gasteiger partial charge is 0.305 e. The van der Waals surface area contributed by atoms with Crippen molar-refractivity contribution < 1.29 is 23.2 Å². The van der Waals surface area contributed by atoms with Gasteiger partial charge >= 0.3 is 5.97 Å². The molecule has 49 heavy (non-hydrogen) atoms. The van der Waals surface area contributed by atoms with E-state index in [0.29, 0.717) is 30.7 Å². The van der Waals surface area contributed by atoms with Gasteiger partial charge in [-0.15, -0.1) is 23.2 Å². The van der Waals surface area contributed by atoms with Gasteiger partial charge in [0.15, 0.2) is 16.6 Å². The van der Waals surface area contributed by atoms with Gasteiger partial charge in [-0.2, -0.15) is 0 Å². The maximum atomic E-state index is 14.7. The molecule has 1 heterocycles. The van der Waals surface area contributed by atoms with E-state index in [1.54, 1.807) is 11.3 Å². The number of thiophene rings is 1. The molecule has 9 heteroatoms. The highest BCUT2D eigenvalue weighted by Gasteiger charge is 2.59. The number of halogens is 1. The molecular formula is C40H61ClO5SSi2.